The van der Waals surface area contributed by atoms with Gasteiger partial charge in [0.15, 0.2) is 0 Å². The van der Waals surface area contributed by atoms with E-state index in [2.05, 4.69) is 17.6 Å². The van der Waals surface area contributed by atoms with Crippen molar-refractivity contribution in [1.82, 2.24) is 5.32 Å². The summed E-state index contributed by atoms with van der Waals surface area (Å²) in [5.74, 6) is 1.20. The number of nitrogens with one attached hydrogen (secondary N) is 2. The lowest BCUT2D eigenvalue weighted by Crippen LogP contribution is -2.46. The van der Waals surface area contributed by atoms with E-state index in [0.717, 1.165) is 31.4 Å². The quantitative estimate of drug-likeness (QED) is 0.896. The van der Waals surface area contributed by atoms with Gasteiger partial charge < -0.3 is 15.4 Å². The molecule has 0 spiro atoms. The Morgan fingerprint density at radius 3 is 2.95 bits per heavy atom. The number of amides is 1. The average molecular weight is 311 g/mol. The second kappa shape index (κ2) is 7.14. The van der Waals surface area contributed by atoms with Crippen molar-refractivity contribution >= 4 is 23.2 Å². The van der Waals surface area contributed by atoms with Crippen LogP contribution in [0.15, 0.2) is 12.1 Å². The molecule has 0 radical (unpaired) electrons. The lowest BCUT2D eigenvalue weighted by molar-refractivity contribution is -0.119. The third-order valence-corrected chi connectivity index (χ3v) is 4.55. The predicted octanol–water partition coefficient (Wildman–Crippen LogP) is 3.37. The van der Waals surface area contributed by atoms with Gasteiger partial charge in [0.1, 0.15) is 5.75 Å². The summed E-state index contributed by atoms with van der Waals surface area (Å²) >= 11 is 6.08. The van der Waals surface area contributed by atoms with Gasteiger partial charge in [0.05, 0.1) is 18.8 Å². The lowest BCUT2D eigenvalue weighted by Gasteiger charge is -2.29. The molecule has 2 N–H and O–H groups in total. The molecule has 1 aliphatic rings. The Labute approximate surface area is 131 Å². The van der Waals surface area contributed by atoms with Crippen molar-refractivity contribution in [2.45, 2.75) is 39.2 Å². The van der Waals surface area contributed by atoms with Crippen molar-refractivity contribution in [2.75, 3.05) is 19.0 Å². The normalized spacial score (nSPS) is 21.9. The molecule has 116 valence electrons. The molecule has 1 fully saturated rings. The number of ether oxygens (including phenoxy) is 1. The number of carbonyl (C=O) groups excluding carboxylic acids is 1. The summed E-state index contributed by atoms with van der Waals surface area (Å²) in [5.41, 5.74) is 1.58. The van der Waals surface area contributed by atoms with Crippen molar-refractivity contribution in [3.8, 4) is 5.75 Å². The lowest BCUT2D eigenvalue weighted by atomic mass is 9.90. The van der Waals surface area contributed by atoms with Gasteiger partial charge in [-0.1, -0.05) is 24.9 Å². The average Bonchev–Trinajstić information content (AvgIpc) is 2.50. The molecule has 5 heteroatoms. The maximum Gasteiger partial charge on any atom is 0.241 e. The number of piperidine rings is 1. The van der Waals surface area contributed by atoms with Crippen LogP contribution in [0.2, 0.25) is 5.02 Å². The number of hydrogen-bond donors (Lipinski definition) is 2. The number of aryl methyl sites for hydroxylation is 1. The van der Waals surface area contributed by atoms with Gasteiger partial charge >= 0.3 is 0 Å². The van der Waals surface area contributed by atoms with Crippen LogP contribution < -0.4 is 15.4 Å². The first kappa shape index (κ1) is 16.1. The zero-order valence-corrected chi connectivity index (χ0v) is 13.6. The molecular weight excluding hydrogens is 288 g/mol. The molecule has 0 aliphatic carbocycles. The number of rotatable bonds is 4. The molecule has 1 amide bonds. The molecule has 1 aromatic carbocycles. The van der Waals surface area contributed by atoms with E-state index < -0.39 is 0 Å². The maximum atomic E-state index is 12.4. The molecule has 4 nitrogen and oxygen atoms in total. The minimum Gasteiger partial charge on any atom is -0.495 e. The number of hydrogen-bond acceptors (Lipinski definition) is 3. The minimum absolute atomic E-state index is 0.00632. The predicted molar refractivity (Wildman–Crippen MR) is 86.2 cm³/mol. The van der Waals surface area contributed by atoms with Crippen molar-refractivity contribution < 1.29 is 9.53 Å². The monoisotopic (exact) mass is 310 g/mol. The summed E-state index contributed by atoms with van der Waals surface area (Å²) in [6, 6.07) is 3.44. The zero-order chi connectivity index (χ0) is 15.4. The Kier molecular flexibility index (Phi) is 5.48. The number of halogens is 1. The summed E-state index contributed by atoms with van der Waals surface area (Å²) < 4.78 is 5.29. The fraction of sp³-hybridized carbons (Fsp3) is 0.562. The van der Waals surface area contributed by atoms with Gasteiger partial charge in [-0.05, 0) is 43.9 Å². The third kappa shape index (κ3) is 3.89. The number of benzene rings is 1. The number of anilines is 1. The largest absolute Gasteiger partial charge is 0.495 e. The summed E-state index contributed by atoms with van der Waals surface area (Å²) in [7, 11) is 1.57. The Morgan fingerprint density at radius 1 is 1.52 bits per heavy atom. The molecule has 1 aromatic rings. The summed E-state index contributed by atoms with van der Waals surface area (Å²) in [6.45, 7) is 4.98. The van der Waals surface area contributed by atoms with Crippen LogP contribution in [0.4, 0.5) is 5.69 Å². The molecule has 1 saturated heterocycles. The van der Waals surface area contributed by atoms with E-state index in [0.29, 0.717) is 22.4 Å². The molecule has 0 aromatic heterocycles. The summed E-state index contributed by atoms with van der Waals surface area (Å²) in [4.78, 5) is 12.4. The van der Waals surface area contributed by atoms with Gasteiger partial charge in [0, 0.05) is 11.1 Å². The molecule has 2 unspecified atom stereocenters. The van der Waals surface area contributed by atoms with Gasteiger partial charge in [0.25, 0.3) is 0 Å². The first-order valence-electron chi connectivity index (χ1n) is 7.43. The van der Waals surface area contributed by atoms with Crippen LogP contribution in [-0.4, -0.2) is 25.6 Å². The van der Waals surface area contributed by atoms with Crippen LogP contribution in [-0.2, 0) is 4.79 Å². The van der Waals surface area contributed by atoms with Crippen LogP contribution in [0.3, 0.4) is 0 Å². The summed E-state index contributed by atoms with van der Waals surface area (Å²) in [6.07, 6.45) is 3.15. The molecule has 0 bridgehead atoms. The van der Waals surface area contributed by atoms with Gasteiger partial charge in [0.2, 0.25) is 5.91 Å². The van der Waals surface area contributed by atoms with Crippen molar-refractivity contribution in [3.05, 3.63) is 22.7 Å². The maximum absolute atomic E-state index is 12.4. The number of carbonyl (C=O) groups is 1. The third-order valence-electron chi connectivity index (χ3n) is 4.14. The van der Waals surface area contributed by atoms with Crippen LogP contribution in [0.25, 0.3) is 0 Å². The van der Waals surface area contributed by atoms with E-state index in [9.17, 15) is 4.79 Å². The molecule has 1 aliphatic heterocycles. The number of methoxy groups -OCH3 is 1. The molecule has 2 atom stereocenters. The van der Waals surface area contributed by atoms with Crippen LogP contribution in [0, 0.1) is 12.8 Å². The van der Waals surface area contributed by atoms with E-state index in [-0.39, 0.29) is 11.9 Å². The smallest absolute Gasteiger partial charge is 0.241 e. The molecule has 1 heterocycles. The molecular formula is C16H23ClN2O2. The molecule has 21 heavy (non-hydrogen) atoms. The first-order chi connectivity index (χ1) is 10.0. The Morgan fingerprint density at radius 2 is 2.29 bits per heavy atom. The van der Waals surface area contributed by atoms with Crippen LogP contribution in [0.5, 0.6) is 5.75 Å². The fourth-order valence-corrected chi connectivity index (χ4v) is 2.87. The van der Waals surface area contributed by atoms with E-state index >= 15 is 0 Å². The first-order valence-corrected chi connectivity index (χ1v) is 7.81. The Hall–Kier alpha value is -1.26. The van der Waals surface area contributed by atoms with E-state index in [4.69, 9.17) is 16.3 Å². The highest BCUT2D eigenvalue weighted by atomic mass is 35.5. The van der Waals surface area contributed by atoms with E-state index in [1.807, 2.05) is 13.0 Å². The van der Waals surface area contributed by atoms with Gasteiger partial charge in [-0.3, -0.25) is 4.79 Å². The van der Waals surface area contributed by atoms with Crippen molar-refractivity contribution in [2.24, 2.45) is 5.92 Å². The van der Waals surface area contributed by atoms with Gasteiger partial charge in [-0.25, -0.2) is 0 Å². The topological polar surface area (TPSA) is 50.4 Å². The van der Waals surface area contributed by atoms with Crippen molar-refractivity contribution in [1.29, 1.82) is 0 Å². The minimum atomic E-state index is -0.135. The fourth-order valence-electron chi connectivity index (χ4n) is 2.72. The van der Waals surface area contributed by atoms with Crippen LogP contribution >= 0.6 is 11.6 Å². The van der Waals surface area contributed by atoms with Gasteiger partial charge in [-0.15, -0.1) is 0 Å². The second-order valence-electron chi connectivity index (χ2n) is 5.60. The molecule has 2 rings (SSSR count). The van der Waals surface area contributed by atoms with Crippen molar-refractivity contribution in [3.63, 3.8) is 0 Å². The summed E-state index contributed by atoms with van der Waals surface area (Å²) in [5, 5.41) is 6.88. The standard InChI is InChI=1S/C16H23ClN2O2/c1-4-11-5-6-18-14(8-11)16(20)19-13-7-10(2)12(17)9-15(13)21-3/h7,9,11,14,18H,4-6,8H2,1-3H3,(H,19,20). The van der Waals surface area contributed by atoms with Crippen LogP contribution in [0.1, 0.15) is 31.7 Å². The highest BCUT2D eigenvalue weighted by molar-refractivity contribution is 6.31. The highest BCUT2D eigenvalue weighted by Crippen LogP contribution is 2.31. The Balaban J connectivity index is 2.10. The SMILES string of the molecule is CCC1CCNC(C(=O)Nc2cc(C)c(Cl)cc2OC)C1. The Bertz CT molecular complexity index is 519. The van der Waals surface area contributed by atoms with Gasteiger partial charge in [-0.2, -0.15) is 0 Å². The highest BCUT2D eigenvalue weighted by Gasteiger charge is 2.26. The van der Waals surface area contributed by atoms with E-state index in [1.54, 1.807) is 13.2 Å². The zero-order valence-electron chi connectivity index (χ0n) is 12.8. The molecule has 0 saturated carbocycles. The second-order valence-corrected chi connectivity index (χ2v) is 6.00. The van der Waals surface area contributed by atoms with E-state index in [1.165, 1.54) is 0 Å².